The molecule has 10 heavy (non-hydrogen) atoms. The Hall–Kier alpha value is -1.10. The summed E-state index contributed by atoms with van der Waals surface area (Å²) in [6.07, 6.45) is 0.414. The first kappa shape index (κ1) is 8.90. The molecule has 4 nitrogen and oxygen atoms in total. The molecule has 0 aliphatic rings. The Labute approximate surface area is 63.9 Å². The monoisotopic (exact) mass is 160 g/mol. The van der Waals surface area contributed by atoms with E-state index in [1.807, 2.05) is 5.32 Å². The van der Waals surface area contributed by atoms with Gasteiger partial charge in [0, 0.05) is 6.54 Å². The van der Waals surface area contributed by atoms with Gasteiger partial charge in [-0.25, -0.2) is 4.79 Å². The van der Waals surface area contributed by atoms with Crippen LogP contribution in [-0.2, 0) is 0 Å². The number of amides is 1. The summed E-state index contributed by atoms with van der Waals surface area (Å²) in [5.74, 6) is 0. The van der Waals surface area contributed by atoms with Crippen molar-refractivity contribution in [2.75, 3.05) is 6.54 Å². The number of hydrogen-bond donors (Lipinski definition) is 3. The number of hydrogen-bond acceptors (Lipinski definition) is 2. The molecule has 0 aromatic rings. The lowest BCUT2D eigenvalue weighted by Gasteiger charge is -2.02. The van der Waals surface area contributed by atoms with E-state index in [4.69, 9.17) is 5.11 Å². The maximum Gasteiger partial charge on any atom is 0.410 e. The molecule has 0 saturated heterocycles. The summed E-state index contributed by atoms with van der Waals surface area (Å²) in [7, 11) is 0. The first-order valence-electron chi connectivity index (χ1n) is 2.55. The number of carbonyl (C=O) groups is 1. The standard InChI is InChI=1S/C5H8N2O2S/c1-2-3-6-4(10)7-5(8)9/h2H,1,3H2,(H,8,9)(H2,6,7,10). The lowest BCUT2D eigenvalue weighted by atomic mass is 10.6. The summed E-state index contributed by atoms with van der Waals surface area (Å²) in [6.45, 7) is 3.87. The summed E-state index contributed by atoms with van der Waals surface area (Å²) < 4.78 is 0. The second-order valence-corrected chi connectivity index (χ2v) is 1.84. The van der Waals surface area contributed by atoms with Crippen LogP contribution in [0, 0.1) is 0 Å². The lowest BCUT2D eigenvalue weighted by Crippen LogP contribution is -2.38. The van der Waals surface area contributed by atoms with Crippen LogP contribution in [0.15, 0.2) is 12.7 Å². The van der Waals surface area contributed by atoms with Gasteiger partial charge < -0.3 is 10.4 Å². The van der Waals surface area contributed by atoms with Crippen LogP contribution in [0.5, 0.6) is 0 Å². The van der Waals surface area contributed by atoms with Crippen LogP contribution in [-0.4, -0.2) is 22.9 Å². The quantitative estimate of drug-likeness (QED) is 0.402. The summed E-state index contributed by atoms with van der Waals surface area (Å²) in [6, 6.07) is 0. The van der Waals surface area contributed by atoms with Gasteiger partial charge >= 0.3 is 6.09 Å². The third-order valence-corrected chi connectivity index (χ3v) is 0.874. The SMILES string of the molecule is C=CCNC(=S)NC(=O)O. The van der Waals surface area contributed by atoms with Crippen molar-refractivity contribution < 1.29 is 9.90 Å². The smallest absolute Gasteiger partial charge is 0.410 e. The number of rotatable bonds is 2. The minimum absolute atomic E-state index is 0.0902. The molecule has 1 amide bonds. The fourth-order valence-corrected chi connectivity index (χ4v) is 0.477. The number of thiocarbonyl (C=S) groups is 1. The van der Waals surface area contributed by atoms with E-state index in [2.05, 4.69) is 24.1 Å². The molecule has 0 aromatic heterocycles. The molecule has 0 heterocycles. The molecule has 0 saturated carbocycles. The second kappa shape index (κ2) is 4.75. The molecule has 0 fully saturated rings. The predicted molar refractivity (Wildman–Crippen MR) is 42.0 cm³/mol. The fourth-order valence-electron chi connectivity index (χ4n) is 0.306. The van der Waals surface area contributed by atoms with E-state index in [1.54, 1.807) is 6.08 Å². The topological polar surface area (TPSA) is 61.4 Å². The van der Waals surface area contributed by atoms with Crippen molar-refractivity contribution in [3.8, 4) is 0 Å². The Morgan fingerprint density at radius 1 is 1.80 bits per heavy atom. The Kier molecular flexibility index (Phi) is 4.23. The van der Waals surface area contributed by atoms with Crippen molar-refractivity contribution >= 4 is 23.4 Å². The van der Waals surface area contributed by atoms with Crippen LogP contribution in [0.2, 0.25) is 0 Å². The predicted octanol–water partition coefficient (Wildman–Crippen LogP) is 0.315. The zero-order chi connectivity index (χ0) is 7.98. The van der Waals surface area contributed by atoms with Gasteiger partial charge in [0.25, 0.3) is 0 Å². The number of nitrogens with one attached hydrogen (secondary N) is 2. The molecule has 0 aromatic carbocycles. The van der Waals surface area contributed by atoms with Gasteiger partial charge in [-0.1, -0.05) is 6.08 Å². The zero-order valence-electron chi connectivity index (χ0n) is 5.26. The molecule has 0 atom stereocenters. The highest BCUT2D eigenvalue weighted by molar-refractivity contribution is 7.80. The Morgan fingerprint density at radius 2 is 2.40 bits per heavy atom. The number of carboxylic acid groups (broad SMARTS) is 1. The summed E-state index contributed by atoms with van der Waals surface area (Å²) in [5, 5.41) is 12.8. The molecule has 0 bridgehead atoms. The molecule has 0 radical (unpaired) electrons. The van der Waals surface area contributed by atoms with Crippen molar-refractivity contribution in [3.63, 3.8) is 0 Å². The lowest BCUT2D eigenvalue weighted by molar-refractivity contribution is 0.200. The van der Waals surface area contributed by atoms with Crippen molar-refractivity contribution in [2.45, 2.75) is 0 Å². The third-order valence-electron chi connectivity index (χ3n) is 0.627. The first-order valence-corrected chi connectivity index (χ1v) is 2.96. The van der Waals surface area contributed by atoms with Gasteiger partial charge in [0.05, 0.1) is 0 Å². The van der Waals surface area contributed by atoms with E-state index < -0.39 is 6.09 Å². The van der Waals surface area contributed by atoms with Crippen LogP contribution in [0.1, 0.15) is 0 Å². The Balaban J connectivity index is 3.43. The molecule has 3 N–H and O–H groups in total. The summed E-state index contributed by atoms with van der Waals surface area (Å²) in [4.78, 5) is 9.91. The van der Waals surface area contributed by atoms with Crippen molar-refractivity contribution in [3.05, 3.63) is 12.7 Å². The van der Waals surface area contributed by atoms with Crippen LogP contribution in [0.3, 0.4) is 0 Å². The van der Waals surface area contributed by atoms with Gasteiger partial charge in [-0.2, -0.15) is 0 Å². The van der Waals surface area contributed by atoms with Crippen LogP contribution in [0.4, 0.5) is 4.79 Å². The highest BCUT2D eigenvalue weighted by Gasteiger charge is 1.96. The highest BCUT2D eigenvalue weighted by Crippen LogP contribution is 1.67. The second-order valence-electron chi connectivity index (χ2n) is 1.43. The molecule has 0 aliphatic heterocycles. The zero-order valence-corrected chi connectivity index (χ0v) is 6.07. The van der Waals surface area contributed by atoms with Gasteiger partial charge in [0.1, 0.15) is 0 Å². The Morgan fingerprint density at radius 3 is 2.80 bits per heavy atom. The van der Waals surface area contributed by atoms with E-state index in [0.717, 1.165) is 0 Å². The fraction of sp³-hybridized carbons (Fsp3) is 0.200. The maximum atomic E-state index is 9.91. The third kappa shape index (κ3) is 5.04. The molecular formula is C5H8N2O2S. The molecule has 0 aliphatic carbocycles. The average molecular weight is 160 g/mol. The normalized spacial score (nSPS) is 8.00. The minimum atomic E-state index is -1.17. The van der Waals surface area contributed by atoms with E-state index >= 15 is 0 Å². The van der Waals surface area contributed by atoms with Crippen molar-refractivity contribution in [1.29, 1.82) is 0 Å². The summed E-state index contributed by atoms with van der Waals surface area (Å²) in [5.41, 5.74) is 0. The minimum Gasteiger partial charge on any atom is -0.465 e. The van der Waals surface area contributed by atoms with Crippen LogP contribution >= 0.6 is 12.2 Å². The molecule has 5 heteroatoms. The Bertz CT molecular complexity index is 158. The van der Waals surface area contributed by atoms with E-state index in [1.165, 1.54) is 0 Å². The van der Waals surface area contributed by atoms with Crippen LogP contribution in [0.25, 0.3) is 0 Å². The molecule has 0 unspecified atom stereocenters. The molecule has 56 valence electrons. The van der Waals surface area contributed by atoms with Gasteiger partial charge in [-0.05, 0) is 12.2 Å². The first-order chi connectivity index (χ1) is 4.66. The highest BCUT2D eigenvalue weighted by atomic mass is 32.1. The van der Waals surface area contributed by atoms with Crippen molar-refractivity contribution in [2.24, 2.45) is 0 Å². The van der Waals surface area contributed by atoms with Gasteiger partial charge in [0.15, 0.2) is 5.11 Å². The molecule has 0 spiro atoms. The molecule has 0 rings (SSSR count). The van der Waals surface area contributed by atoms with Crippen molar-refractivity contribution in [1.82, 2.24) is 10.6 Å². The average Bonchev–Trinajstić information content (AvgIpc) is 1.82. The van der Waals surface area contributed by atoms with E-state index in [-0.39, 0.29) is 5.11 Å². The van der Waals surface area contributed by atoms with E-state index in [9.17, 15) is 4.79 Å². The maximum absolute atomic E-state index is 9.91. The van der Waals surface area contributed by atoms with Gasteiger partial charge in [0.2, 0.25) is 0 Å². The van der Waals surface area contributed by atoms with Gasteiger partial charge in [-0.3, -0.25) is 5.32 Å². The largest absolute Gasteiger partial charge is 0.465 e. The van der Waals surface area contributed by atoms with E-state index in [0.29, 0.717) is 6.54 Å². The molecular weight excluding hydrogens is 152 g/mol. The van der Waals surface area contributed by atoms with Gasteiger partial charge in [-0.15, -0.1) is 6.58 Å². The van der Waals surface area contributed by atoms with Crippen LogP contribution < -0.4 is 10.6 Å². The summed E-state index contributed by atoms with van der Waals surface area (Å²) >= 11 is 4.54.